The predicted molar refractivity (Wildman–Crippen MR) is 67.9 cm³/mol. The summed E-state index contributed by atoms with van der Waals surface area (Å²) in [4.78, 5) is 2.44. The minimum atomic E-state index is -0.206. The second-order valence-electron chi connectivity index (χ2n) is 5.68. The molecule has 0 bridgehead atoms. The average Bonchev–Trinajstić information content (AvgIpc) is 2.85. The molecule has 1 heterocycles. The van der Waals surface area contributed by atoms with Gasteiger partial charge in [0.2, 0.25) is 0 Å². The Morgan fingerprint density at radius 2 is 2.24 bits per heavy atom. The first-order valence-electron chi connectivity index (χ1n) is 6.23. The molecule has 1 saturated heterocycles. The van der Waals surface area contributed by atoms with Crippen molar-refractivity contribution in [2.75, 3.05) is 13.1 Å². The molecule has 1 aliphatic heterocycles. The van der Waals surface area contributed by atoms with E-state index in [2.05, 4.69) is 18.7 Å². The molecule has 2 unspecified atom stereocenters. The maximum absolute atomic E-state index is 14.1. The van der Waals surface area contributed by atoms with Crippen LogP contribution < -0.4 is 0 Å². The van der Waals surface area contributed by atoms with Gasteiger partial charge in [0.25, 0.3) is 0 Å². The molecule has 1 aromatic rings. The number of benzene rings is 1. The third-order valence-electron chi connectivity index (χ3n) is 4.39. The fourth-order valence-electron chi connectivity index (χ4n) is 3.22. The van der Waals surface area contributed by atoms with E-state index in [1.165, 1.54) is 0 Å². The van der Waals surface area contributed by atoms with Gasteiger partial charge < -0.3 is 0 Å². The van der Waals surface area contributed by atoms with Crippen molar-refractivity contribution in [2.24, 2.45) is 5.92 Å². The molecule has 1 nitrogen and oxygen atoms in total. The summed E-state index contributed by atoms with van der Waals surface area (Å²) in [7, 11) is 0. The first-order chi connectivity index (χ1) is 8.04. The first kappa shape index (κ1) is 11.5. The van der Waals surface area contributed by atoms with Gasteiger partial charge in [0.05, 0.1) is 5.02 Å². The monoisotopic (exact) mass is 253 g/mol. The van der Waals surface area contributed by atoms with E-state index in [0.717, 1.165) is 25.1 Å². The topological polar surface area (TPSA) is 3.24 Å². The fraction of sp³-hybridized carbons (Fsp3) is 0.571. The molecular formula is C14H17ClFN. The van der Waals surface area contributed by atoms with E-state index in [-0.39, 0.29) is 16.3 Å². The summed E-state index contributed by atoms with van der Waals surface area (Å²) in [6.07, 6.45) is 1.12. The van der Waals surface area contributed by atoms with Crippen molar-refractivity contribution >= 4 is 11.6 Å². The largest absolute Gasteiger partial charge is 0.300 e. The molecule has 1 aliphatic carbocycles. The van der Waals surface area contributed by atoms with Gasteiger partial charge in [-0.25, -0.2) is 4.39 Å². The number of hydrogen-bond donors (Lipinski definition) is 0. The third-order valence-corrected chi connectivity index (χ3v) is 4.68. The molecule has 1 aromatic carbocycles. The minimum absolute atomic E-state index is 0.0548. The molecule has 2 aliphatic rings. The van der Waals surface area contributed by atoms with Crippen molar-refractivity contribution in [2.45, 2.75) is 31.7 Å². The summed E-state index contributed by atoms with van der Waals surface area (Å²) < 4.78 is 14.1. The normalized spacial score (nSPS) is 31.9. The summed E-state index contributed by atoms with van der Waals surface area (Å²) in [5.41, 5.74) is 0.886. The van der Waals surface area contributed by atoms with Crippen molar-refractivity contribution in [1.82, 2.24) is 4.90 Å². The van der Waals surface area contributed by atoms with Gasteiger partial charge in [-0.05, 0) is 37.8 Å². The zero-order valence-corrected chi connectivity index (χ0v) is 11.0. The molecule has 2 fully saturated rings. The molecule has 0 N–H and O–H groups in total. The first-order valence-corrected chi connectivity index (χ1v) is 6.61. The lowest BCUT2D eigenvalue weighted by Crippen LogP contribution is -2.32. The van der Waals surface area contributed by atoms with Crippen molar-refractivity contribution in [1.29, 1.82) is 0 Å². The Morgan fingerprint density at radius 1 is 1.47 bits per heavy atom. The highest BCUT2D eigenvalue weighted by molar-refractivity contribution is 6.30. The van der Waals surface area contributed by atoms with E-state index < -0.39 is 0 Å². The van der Waals surface area contributed by atoms with Crippen LogP contribution in [0.2, 0.25) is 5.02 Å². The standard InChI is InChI=1S/C14H17ClFN/c1-9(2)17-7-10-6-14(10,8-17)11-4-3-5-12(15)13(11)16/h3-5,9-10H,6-8H2,1-2H3. The second kappa shape index (κ2) is 3.69. The molecule has 0 aromatic heterocycles. The lowest BCUT2D eigenvalue weighted by atomic mass is 9.94. The molecule has 92 valence electrons. The molecular weight excluding hydrogens is 237 g/mol. The van der Waals surface area contributed by atoms with Gasteiger partial charge in [-0.2, -0.15) is 0 Å². The SMILES string of the molecule is CC(C)N1CC2CC2(c2cccc(Cl)c2F)C1. The van der Waals surface area contributed by atoms with E-state index in [4.69, 9.17) is 11.6 Å². The van der Waals surface area contributed by atoms with Crippen LogP contribution in [0.4, 0.5) is 4.39 Å². The van der Waals surface area contributed by atoms with Gasteiger partial charge in [0, 0.05) is 24.5 Å². The Kier molecular flexibility index (Phi) is 2.50. The van der Waals surface area contributed by atoms with Crippen LogP contribution in [0, 0.1) is 11.7 Å². The number of likely N-dealkylation sites (tertiary alicyclic amines) is 1. The maximum atomic E-state index is 14.1. The zero-order valence-electron chi connectivity index (χ0n) is 10.2. The minimum Gasteiger partial charge on any atom is -0.300 e. The Bertz CT molecular complexity index is 460. The Balaban J connectivity index is 1.94. The molecule has 0 radical (unpaired) electrons. The number of hydrogen-bond acceptors (Lipinski definition) is 1. The highest BCUT2D eigenvalue weighted by Gasteiger charge is 2.61. The zero-order chi connectivity index (χ0) is 12.2. The number of piperidine rings is 1. The number of halogens is 2. The summed E-state index contributed by atoms with van der Waals surface area (Å²) in [5, 5.41) is 0.255. The maximum Gasteiger partial charge on any atom is 0.145 e. The quantitative estimate of drug-likeness (QED) is 0.780. The fourth-order valence-corrected chi connectivity index (χ4v) is 3.40. The van der Waals surface area contributed by atoms with Crippen LogP contribution in [0.15, 0.2) is 18.2 Å². The smallest absolute Gasteiger partial charge is 0.145 e. The van der Waals surface area contributed by atoms with Gasteiger partial charge in [0.1, 0.15) is 5.82 Å². The summed E-state index contributed by atoms with van der Waals surface area (Å²) in [6.45, 7) is 6.48. The molecule has 3 rings (SSSR count). The van der Waals surface area contributed by atoms with Crippen LogP contribution in [0.5, 0.6) is 0 Å². The molecule has 17 heavy (non-hydrogen) atoms. The Hall–Kier alpha value is -0.600. The summed E-state index contributed by atoms with van der Waals surface area (Å²) in [5.74, 6) is 0.417. The van der Waals surface area contributed by atoms with Gasteiger partial charge >= 0.3 is 0 Å². The van der Waals surface area contributed by atoms with Crippen LogP contribution in [0.3, 0.4) is 0 Å². The van der Waals surface area contributed by atoms with Crippen molar-refractivity contribution in [3.63, 3.8) is 0 Å². The van der Waals surface area contributed by atoms with E-state index in [1.807, 2.05) is 12.1 Å². The van der Waals surface area contributed by atoms with Gasteiger partial charge in [0.15, 0.2) is 0 Å². The van der Waals surface area contributed by atoms with Gasteiger partial charge in [-0.15, -0.1) is 0 Å². The van der Waals surface area contributed by atoms with Crippen LogP contribution in [-0.4, -0.2) is 24.0 Å². The lowest BCUT2D eigenvalue weighted by molar-refractivity contribution is 0.242. The Labute approximate surface area is 107 Å². The van der Waals surface area contributed by atoms with E-state index in [1.54, 1.807) is 6.07 Å². The summed E-state index contributed by atoms with van der Waals surface area (Å²) >= 11 is 5.88. The second-order valence-corrected chi connectivity index (χ2v) is 6.09. The van der Waals surface area contributed by atoms with Crippen molar-refractivity contribution in [3.8, 4) is 0 Å². The lowest BCUT2D eigenvalue weighted by Gasteiger charge is -2.24. The van der Waals surface area contributed by atoms with Crippen molar-refractivity contribution < 1.29 is 4.39 Å². The van der Waals surface area contributed by atoms with E-state index in [0.29, 0.717) is 12.0 Å². The molecule has 1 saturated carbocycles. The third kappa shape index (κ3) is 1.61. The number of rotatable bonds is 2. The molecule has 0 spiro atoms. The van der Waals surface area contributed by atoms with Crippen molar-refractivity contribution in [3.05, 3.63) is 34.6 Å². The highest BCUT2D eigenvalue weighted by Crippen LogP contribution is 2.60. The average molecular weight is 254 g/mol. The van der Waals surface area contributed by atoms with E-state index >= 15 is 0 Å². The number of fused-ring (bicyclic) bond motifs is 1. The Morgan fingerprint density at radius 3 is 2.88 bits per heavy atom. The summed E-state index contributed by atoms with van der Waals surface area (Å²) in [6, 6.07) is 5.94. The number of nitrogens with zero attached hydrogens (tertiary/aromatic N) is 1. The predicted octanol–water partition coefficient (Wildman–Crippen LogP) is 3.46. The molecule has 2 atom stereocenters. The van der Waals surface area contributed by atoms with Crippen LogP contribution in [0.25, 0.3) is 0 Å². The highest BCUT2D eigenvalue weighted by atomic mass is 35.5. The van der Waals surface area contributed by atoms with Gasteiger partial charge in [-0.1, -0.05) is 23.7 Å². The van der Waals surface area contributed by atoms with Gasteiger partial charge in [-0.3, -0.25) is 4.90 Å². The van der Waals surface area contributed by atoms with Crippen LogP contribution in [-0.2, 0) is 5.41 Å². The van der Waals surface area contributed by atoms with Crippen LogP contribution >= 0.6 is 11.6 Å². The molecule has 0 amide bonds. The van der Waals surface area contributed by atoms with Crippen LogP contribution in [0.1, 0.15) is 25.8 Å². The van der Waals surface area contributed by atoms with E-state index in [9.17, 15) is 4.39 Å². The molecule has 3 heteroatoms.